The lowest BCUT2D eigenvalue weighted by molar-refractivity contribution is -0.274. The van der Waals surface area contributed by atoms with Gasteiger partial charge in [-0.05, 0) is 80.8 Å². The van der Waals surface area contributed by atoms with E-state index in [9.17, 15) is 40.7 Å². The summed E-state index contributed by atoms with van der Waals surface area (Å²) >= 11 is 0. The molecule has 0 aliphatic carbocycles. The number of nitrogens with one attached hydrogen (secondary N) is 1. The van der Waals surface area contributed by atoms with Crippen LogP contribution in [0.2, 0.25) is 0 Å². The van der Waals surface area contributed by atoms with Gasteiger partial charge in [0.05, 0.1) is 12.7 Å². The van der Waals surface area contributed by atoms with Gasteiger partial charge in [0, 0.05) is 24.8 Å². The Morgan fingerprint density at radius 2 is 1.61 bits per heavy atom. The fourth-order valence-electron chi connectivity index (χ4n) is 6.10. The minimum atomic E-state index is -4.88. The second-order valence-corrected chi connectivity index (χ2v) is 12.4. The fourth-order valence-corrected chi connectivity index (χ4v) is 6.10. The Bertz CT molecular complexity index is 1700. The zero-order chi connectivity index (χ0) is 39.5. The highest BCUT2D eigenvalue weighted by atomic mass is 19.4. The van der Waals surface area contributed by atoms with Gasteiger partial charge >= 0.3 is 24.5 Å². The van der Waals surface area contributed by atoms with Crippen molar-refractivity contribution in [3.63, 3.8) is 0 Å². The van der Waals surface area contributed by atoms with Gasteiger partial charge in [-0.2, -0.15) is 13.2 Å². The molecule has 0 saturated carbocycles. The Morgan fingerprint density at radius 3 is 2.24 bits per heavy atom. The first-order chi connectivity index (χ1) is 25.6. The third kappa shape index (κ3) is 12.2. The van der Waals surface area contributed by atoms with Crippen LogP contribution in [-0.4, -0.2) is 68.5 Å². The molecular formula is C37H40F6N2O9. The number of ether oxygens (including phenoxy) is 6. The number of aromatic nitrogens is 1. The molecule has 1 amide bonds. The van der Waals surface area contributed by atoms with E-state index < -0.39 is 66.6 Å². The van der Waals surface area contributed by atoms with Gasteiger partial charge in [0.1, 0.15) is 24.5 Å². The quantitative estimate of drug-likeness (QED) is 0.105. The van der Waals surface area contributed by atoms with Gasteiger partial charge in [0.2, 0.25) is 6.79 Å². The molecule has 17 heteroatoms. The molecule has 1 aromatic heterocycles. The topological polar surface area (TPSA) is 132 Å². The molecule has 3 aromatic rings. The van der Waals surface area contributed by atoms with Gasteiger partial charge in [0.15, 0.2) is 17.2 Å². The van der Waals surface area contributed by atoms with Gasteiger partial charge in [-0.15, -0.1) is 13.2 Å². The first-order valence-corrected chi connectivity index (χ1v) is 17.0. The molecule has 1 aliphatic heterocycles. The number of hydrogen-bond acceptors (Lipinski definition) is 10. The van der Waals surface area contributed by atoms with Gasteiger partial charge in [0.25, 0.3) is 5.91 Å². The molecule has 2 aromatic carbocycles. The normalized spacial score (nSPS) is 19.4. The van der Waals surface area contributed by atoms with E-state index in [-0.39, 0.29) is 49.2 Å². The second kappa shape index (κ2) is 18.8. The minimum Gasteiger partial charge on any atom is -0.493 e. The van der Waals surface area contributed by atoms with Crippen molar-refractivity contribution in [2.24, 2.45) is 11.8 Å². The number of alkyl halides is 6. The SMILES string of the molecule is CCOCC(=O)OCOc1c(OC)ccnc1C(=O)NC1CCCC(Cc2ccc(C(F)(F)F)cc2)C(Cc2ccc(OC(F)(F)F)cc2)C(C)OC1=O. The maximum atomic E-state index is 13.6. The number of cyclic esters (lactones) is 1. The van der Waals surface area contributed by atoms with Crippen molar-refractivity contribution in [3.8, 4) is 17.2 Å². The van der Waals surface area contributed by atoms with Gasteiger partial charge < -0.3 is 33.7 Å². The van der Waals surface area contributed by atoms with Crippen molar-refractivity contribution in [1.82, 2.24) is 10.3 Å². The van der Waals surface area contributed by atoms with Crippen molar-refractivity contribution >= 4 is 17.8 Å². The molecule has 2 heterocycles. The van der Waals surface area contributed by atoms with E-state index in [0.29, 0.717) is 30.4 Å². The molecule has 1 aliphatic rings. The van der Waals surface area contributed by atoms with Crippen LogP contribution in [0.25, 0.3) is 0 Å². The van der Waals surface area contributed by atoms with Crippen molar-refractivity contribution in [1.29, 1.82) is 0 Å². The predicted octanol–water partition coefficient (Wildman–Crippen LogP) is 6.86. The second-order valence-electron chi connectivity index (χ2n) is 12.4. The van der Waals surface area contributed by atoms with E-state index in [0.717, 1.165) is 12.1 Å². The lowest BCUT2D eigenvalue weighted by atomic mass is 9.77. The van der Waals surface area contributed by atoms with Crippen LogP contribution in [0.1, 0.15) is 60.3 Å². The maximum Gasteiger partial charge on any atom is 0.573 e. The summed E-state index contributed by atoms with van der Waals surface area (Å²) in [6.45, 7) is 2.73. The van der Waals surface area contributed by atoms with Gasteiger partial charge in [-0.3, -0.25) is 4.79 Å². The van der Waals surface area contributed by atoms with E-state index >= 15 is 0 Å². The molecule has 54 heavy (non-hydrogen) atoms. The van der Waals surface area contributed by atoms with Crippen LogP contribution in [0.5, 0.6) is 17.2 Å². The monoisotopic (exact) mass is 770 g/mol. The van der Waals surface area contributed by atoms with Crippen LogP contribution in [0.4, 0.5) is 26.3 Å². The predicted molar refractivity (Wildman–Crippen MR) is 178 cm³/mol. The Hall–Kier alpha value is -5.06. The number of halogens is 6. The van der Waals surface area contributed by atoms with Crippen LogP contribution in [0, 0.1) is 11.8 Å². The number of methoxy groups -OCH3 is 1. The van der Waals surface area contributed by atoms with E-state index in [4.69, 9.17) is 23.7 Å². The lowest BCUT2D eigenvalue weighted by Gasteiger charge is -2.31. The van der Waals surface area contributed by atoms with Crippen molar-refractivity contribution in [3.05, 3.63) is 83.2 Å². The standard InChI is InChI=1S/C37H40F6N2O9/c1-4-50-20-31(46)51-21-52-33-30(49-3)16-17-44-32(33)34(47)45-29-7-5-6-25(18-23-8-12-26(13-9-23)36(38,39)40)28(22(2)53-35(29)48)19-24-10-14-27(15-11-24)54-37(41,42)43/h8-17,22,25,28-29H,4-7,18-21H2,1-3H3,(H,45,47). The molecule has 0 radical (unpaired) electrons. The smallest absolute Gasteiger partial charge is 0.493 e. The Kier molecular flexibility index (Phi) is 14.5. The highest BCUT2D eigenvalue weighted by Gasteiger charge is 2.36. The molecule has 0 spiro atoms. The molecule has 1 fully saturated rings. The van der Waals surface area contributed by atoms with Crippen LogP contribution in [-0.2, 0) is 42.8 Å². The van der Waals surface area contributed by atoms with Crippen LogP contribution >= 0.6 is 0 Å². The average Bonchev–Trinajstić information content (AvgIpc) is 3.16. The summed E-state index contributed by atoms with van der Waals surface area (Å²) < 4.78 is 109. The lowest BCUT2D eigenvalue weighted by Crippen LogP contribution is -2.43. The molecular weight excluding hydrogens is 730 g/mol. The molecule has 11 nitrogen and oxygen atoms in total. The first-order valence-electron chi connectivity index (χ1n) is 17.0. The van der Waals surface area contributed by atoms with E-state index in [1.807, 2.05) is 0 Å². The zero-order valence-electron chi connectivity index (χ0n) is 29.6. The molecule has 1 saturated heterocycles. The zero-order valence-corrected chi connectivity index (χ0v) is 29.6. The van der Waals surface area contributed by atoms with E-state index in [1.54, 1.807) is 13.8 Å². The van der Waals surface area contributed by atoms with Crippen LogP contribution in [0.15, 0.2) is 60.8 Å². The number of hydrogen-bond donors (Lipinski definition) is 1. The Morgan fingerprint density at radius 1 is 0.944 bits per heavy atom. The number of benzene rings is 2. The van der Waals surface area contributed by atoms with E-state index in [1.165, 1.54) is 55.8 Å². The maximum absolute atomic E-state index is 13.6. The summed E-state index contributed by atoms with van der Waals surface area (Å²) in [5.74, 6) is -3.49. The van der Waals surface area contributed by atoms with Crippen molar-refractivity contribution < 1.29 is 69.1 Å². The summed E-state index contributed by atoms with van der Waals surface area (Å²) in [6, 6.07) is 10.3. The van der Waals surface area contributed by atoms with Gasteiger partial charge in [-0.1, -0.05) is 30.7 Å². The van der Waals surface area contributed by atoms with Crippen LogP contribution < -0.4 is 19.5 Å². The largest absolute Gasteiger partial charge is 0.573 e. The number of rotatable bonds is 14. The molecule has 294 valence electrons. The molecule has 4 unspecified atom stereocenters. The average molecular weight is 771 g/mol. The van der Waals surface area contributed by atoms with E-state index in [2.05, 4.69) is 15.0 Å². The molecule has 0 bridgehead atoms. The molecule has 1 N–H and O–H groups in total. The minimum absolute atomic E-state index is 0.0913. The number of esters is 2. The summed E-state index contributed by atoms with van der Waals surface area (Å²) in [7, 11) is 1.32. The number of pyridine rings is 1. The molecule has 4 atom stereocenters. The number of amides is 1. The van der Waals surface area contributed by atoms with Crippen LogP contribution in [0.3, 0.4) is 0 Å². The highest BCUT2D eigenvalue weighted by Crippen LogP contribution is 2.35. The van der Waals surface area contributed by atoms with Crippen molar-refractivity contribution in [2.75, 3.05) is 27.1 Å². The third-order valence-corrected chi connectivity index (χ3v) is 8.73. The van der Waals surface area contributed by atoms with Crippen molar-refractivity contribution in [2.45, 2.75) is 70.6 Å². The molecule has 4 rings (SSSR count). The third-order valence-electron chi connectivity index (χ3n) is 8.73. The Labute approximate surface area is 307 Å². The number of carbonyl (C=O) groups is 3. The summed E-state index contributed by atoms with van der Waals surface area (Å²) in [5.41, 5.74) is 0.141. The summed E-state index contributed by atoms with van der Waals surface area (Å²) in [6.07, 6.45) is -7.43. The first kappa shape index (κ1) is 41.7. The number of carbonyl (C=O) groups excluding carboxylic acids is 3. The summed E-state index contributed by atoms with van der Waals surface area (Å²) in [4.78, 5) is 43.1. The summed E-state index contributed by atoms with van der Waals surface area (Å²) in [5, 5.41) is 2.64. The van der Waals surface area contributed by atoms with Gasteiger partial charge in [-0.25, -0.2) is 14.6 Å². The fraction of sp³-hybridized carbons (Fsp3) is 0.459. The highest BCUT2D eigenvalue weighted by molar-refractivity contribution is 5.98. The Balaban J connectivity index is 1.55. The number of nitrogens with zero attached hydrogens (tertiary/aromatic N) is 1.